The highest BCUT2D eigenvalue weighted by Crippen LogP contribution is 2.50. The van der Waals surface area contributed by atoms with Crippen molar-refractivity contribution in [2.24, 2.45) is 5.92 Å². The van der Waals surface area contributed by atoms with Gasteiger partial charge in [-0.2, -0.15) is 9.97 Å². The fraction of sp³-hybridized carbons (Fsp3) is 0.706. The normalized spacial score (nSPS) is 26.7. The molecule has 1 saturated heterocycles. The van der Waals surface area contributed by atoms with Gasteiger partial charge in [-0.15, -0.1) is 0 Å². The van der Waals surface area contributed by atoms with Crippen LogP contribution in [0.5, 0.6) is 0 Å². The van der Waals surface area contributed by atoms with Crippen molar-refractivity contribution in [1.29, 1.82) is 0 Å². The molecular weight excluding hydrogens is 415 g/mol. The summed E-state index contributed by atoms with van der Waals surface area (Å²) in [7, 11) is -2.88. The van der Waals surface area contributed by atoms with Gasteiger partial charge in [0.25, 0.3) is 0 Å². The van der Waals surface area contributed by atoms with E-state index in [-0.39, 0.29) is 17.7 Å². The van der Waals surface area contributed by atoms with Crippen LogP contribution in [-0.4, -0.2) is 55.9 Å². The number of phosphoric acid groups is 1. The van der Waals surface area contributed by atoms with Crippen LogP contribution in [0.4, 0.5) is 11.8 Å². The van der Waals surface area contributed by atoms with E-state index in [0.717, 1.165) is 0 Å². The van der Waals surface area contributed by atoms with Crippen LogP contribution in [0.2, 0.25) is 0 Å². The van der Waals surface area contributed by atoms with E-state index in [9.17, 15) is 9.46 Å². The third kappa shape index (κ3) is 4.74. The molecule has 168 valence electrons. The maximum absolute atomic E-state index is 12.5. The van der Waals surface area contributed by atoms with Crippen LogP contribution in [0.15, 0.2) is 6.33 Å². The third-order valence-corrected chi connectivity index (χ3v) is 5.80. The molecule has 0 aliphatic carbocycles. The molecule has 1 aliphatic heterocycles. The van der Waals surface area contributed by atoms with Crippen molar-refractivity contribution in [3.8, 4) is 0 Å². The average Bonchev–Trinajstić information content (AvgIpc) is 3.14. The lowest BCUT2D eigenvalue weighted by atomic mass is 10.0. The van der Waals surface area contributed by atoms with Gasteiger partial charge in [-0.3, -0.25) is 13.6 Å². The van der Waals surface area contributed by atoms with Crippen molar-refractivity contribution in [1.82, 2.24) is 19.5 Å². The number of hydrogen-bond donors (Lipinski definition) is 3. The molecular formula is C17H29N6O6P. The molecule has 0 radical (unpaired) electrons. The highest BCUT2D eigenvalue weighted by Gasteiger charge is 2.50. The fourth-order valence-corrected chi connectivity index (χ4v) is 4.70. The Morgan fingerprint density at radius 2 is 1.97 bits per heavy atom. The molecule has 3 heterocycles. The van der Waals surface area contributed by atoms with Crippen LogP contribution in [0.25, 0.3) is 11.2 Å². The lowest BCUT2D eigenvalue weighted by Gasteiger charge is -2.26. The molecule has 0 bridgehead atoms. The molecule has 2 aromatic heterocycles. The monoisotopic (exact) mass is 444 g/mol. The molecule has 13 heteroatoms. The maximum atomic E-state index is 12.5. The molecule has 0 saturated carbocycles. The first kappa shape index (κ1) is 22.9. The van der Waals surface area contributed by atoms with Gasteiger partial charge in [0.2, 0.25) is 5.95 Å². The van der Waals surface area contributed by atoms with Crippen molar-refractivity contribution in [2.45, 2.75) is 64.8 Å². The first-order valence-corrected chi connectivity index (χ1v) is 11.1. The SMILES string of the molecule is CO[C@H]1[C@@H](OP(=O)(O)OC(C)C)[C@@H](CC(C)C)O[C@H]1n1cnc2c(N)nc(N)nc21. The standard InChI is InChI=1S/C17H29N6O6P/c1-8(2)6-10-12(29-30(24,25)28-9(3)4)13(26-5)16(27-10)23-7-20-11-14(18)21-17(19)22-15(11)23/h7-10,12-13,16H,6H2,1-5H3,(H,24,25)(H4,18,19,21,22)/t10-,12+,13+,16-/m1/s1. The summed E-state index contributed by atoms with van der Waals surface area (Å²) in [6.45, 7) is 7.32. The van der Waals surface area contributed by atoms with Crippen molar-refractivity contribution < 1.29 is 28.0 Å². The maximum Gasteiger partial charge on any atom is 0.472 e. The molecule has 3 rings (SSSR count). The van der Waals surface area contributed by atoms with Crippen LogP contribution in [-0.2, 0) is 23.1 Å². The highest BCUT2D eigenvalue weighted by molar-refractivity contribution is 7.47. The quantitative estimate of drug-likeness (QED) is 0.508. The molecule has 1 aliphatic rings. The third-order valence-electron chi connectivity index (χ3n) is 4.60. The molecule has 12 nitrogen and oxygen atoms in total. The molecule has 30 heavy (non-hydrogen) atoms. The first-order valence-electron chi connectivity index (χ1n) is 9.65. The van der Waals surface area contributed by atoms with Gasteiger partial charge in [0, 0.05) is 7.11 Å². The number of methoxy groups -OCH3 is 1. The van der Waals surface area contributed by atoms with Crippen LogP contribution in [0.3, 0.4) is 0 Å². The van der Waals surface area contributed by atoms with Crippen molar-refractivity contribution in [3.63, 3.8) is 0 Å². The smallest absolute Gasteiger partial charge is 0.382 e. The van der Waals surface area contributed by atoms with Crippen molar-refractivity contribution in [3.05, 3.63) is 6.33 Å². The second-order valence-corrected chi connectivity index (χ2v) is 9.24. The molecule has 1 fully saturated rings. The zero-order valence-electron chi connectivity index (χ0n) is 17.6. The Morgan fingerprint density at radius 1 is 1.27 bits per heavy atom. The van der Waals surface area contributed by atoms with E-state index >= 15 is 0 Å². The predicted molar refractivity (Wildman–Crippen MR) is 109 cm³/mol. The molecule has 5 N–H and O–H groups in total. The van der Waals surface area contributed by atoms with Gasteiger partial charge in [-0.05, 0) is 26.2 Å². The number of rotatable bonds is 8. The molecule has 0 amide bonds. The topological polar surface area (TPSA) is 170 Å². The van der Waals surface area contributed by atoms with Gasteiger partial charge in [-0.25, -0.2) is 9.55 Å². The number of imidazole rings is 1. The number of nitrogen functional groups attached to an aromatic ring is 2. The molecule has 5 atom stereocenters. The number of fused-ring (bicyclic) bond motifs is 1. The summed E-state index contributed by atoms with van der Waals surface area (Å²) in [5, 5.41) is 0. The minimum Gasteiger partial charge on any atom is -0.382 e. The Labute approximate surface area is 174 Å². The van der Waals surface area contributed by atoms with E-state index in [1.165, 1.54) is 13.4 Å². The summed E-state index contributed by atoms with van der Waals surface area (Å²) >= 11 is 0. The van der Waals surface area contributed by atoms with Gasteiger partial charge < -0.3 is 25.8 Å². The number of hydrogen-bond acceptors (Lipinski definition) is 10. The minimum atomic E-state index is -4.35. The van der Waals surface area contributed by atoms with Crippen LogP contribution >= 0.6 is 7.82 Å². The molecule has 2 aromatic rings. The number of anilines is 2. The Hall–Kier alpha value is -1.82. The fourth-order valence-electron chi connectivity index (χ4n) is 3.55. The first-order chi connectivity index (χ1) is 14.0. The second-order valence-electron chi connectivity index (χ2n) is 7.88. The molecule has 1 unspecified atom stereocenters. The minimum absolute atomic E-state index is 0.00885. The predicted octanol–water partition coefficient (Wildman–Crippen LogP) is 1.86. The van der Waals surface area contributed by atoms with Crippen LogP contribution in [0.1, 0.15) is 40.3 Å². The number of ether oxygens (including phenoxy) is 2. The van der Waals surface area contributed by atoms with Gasteiger partial charge in [0.15, 0.2) is 17.7 Å². The van der Waals surface area contributed by atoms with Crippen LogP contribution < -0.4 is 11.5 Å². The number of aromatic nitrogens is 4. The summed E-state index contributed by atoms with van der Waals surface area (Å²) in [5.74, 6) is 0.361. The summed E-state index contributed by atoms with van der Waals surface area (Å²) < 4.78 is 36.6. The van der Waals surface area contributed by atoms with Crippen molar-refractivity contribution >= 4 is 30.8 Å². The summed E-state index contributed by atoms with van der Waals surface area (Å²) in [6.07, 6.45) is -1.35. The van der Waals surface area contributed by atoms with Crippen molar-refractivity contribution in [2.75, 3.05) is 18.6 Å². The van der Waals surface area contributed by atoms with Gasteiger partial charge >= 0.3 is 7.82 Å². The number of phosphoric ester groups is 1. The zero-order chi connectivity index (χ0) is 22.2. The zero-order valence-corrected chi connectivity index (χ0v) is 18.5. The second kappa shape index (κ2) is 8.74. The highest BCUT2D eigenvalue weighted by atomic mass is 31.2. The Kier molecular flexibility index (Phi) is 6.66. The summed E-state index contributed by atoms with van der Waals surface area (Å²) in [5.41, 5.74) is 12.4. The summed E-state index contributed by atoms with van der Waals surface area (Å²) in [4.78, 5) is 22.6. The van der Waals surface area contributed by atoms with E-state index in [1.807, 2.05) is 13.8 Å². The van der Waals surface area contributed by atoms with E-state index in [0.29, 0.717) is 17.6 Å². The Morgan fingerprint density at radius 3 is 2.57 bits per heavy atom. The average molecular weight is 444 g/mol. The lowest BCUT2D eigenvalue weighted by molar-refractivity contribution is -0.0520. The number of nitrogens with two attached hydrogens (primary N) is 2. The Balaban J connectivity index is 1.99. The van der Waals surface area contributed by atoms with Gasteiger partial charge in [0.1, 0.15) is 17.7 Å². The largest absolute Gasteiger partial charge is 0.472 e. The molecule has 0 spiro atoms. The summed E-state index contributed by atoms with van der Waals surface area (Å²) in [6, 6.07) is 0. The Bertz CT molecular complexity index is 937. The van der Waals surface area contributed by atoms with Crippen LogP contribution in [0, 0.1) is 5.92 Å². The lowest BCUT2D eigenvalue weighted by Crippen LogP contribution is -2.36. The van der Waals surface area contributed by atoms with E-state index in [1.54, 1.807) is 18.4 Å². The van der Waals surface area contributed by atoms with E-state index in [2.05, 4.69) is 15.0 Å². The van der Waals surface area contributed by atoms with Gasteiger partial charge in [0.05, 0.1) is 18.5 Å². The molecule has 0 aromatic carbocycles. The van der Waals surface area contributed by atoms with E-state index in [4.69, 9.17) is 30.0 Å². The van der Waals surface area contributed by atoms with Gasteiger partial charge in [-0.1, -0.05) is 13.8 Å². The van der Waals surface area contributed by atoms with E-state index < -0.39 is 38.5 Å². The number of nitrogens with zero attached hydrogens (tertiary/aromatic N) is 4.